The minimum absolute atomic E-state index is 0.204. The molecule has 0 saturated carbocycles. The van der Waals surface area contributed by atoms with Crippen molar-refractivity contribution in [2.24, 2.45) is 5.73 Å². The predicted octanol–water partition coefficient (Wildman–Crippen LogP) is 4.02. The van der Waals surface area contributed by atoms with Gasteiger partial charge in [0.1, 0.15) is 6.04 Å². The number of fused-ring (bicyclic) bond motifs is 2. The zero-order valence-electron chi connectivity index (χ0n) is 16.1. The molecule has 0 radical (unpaired) electrons. The van der Waals surface area contributed by atoms with Crippen LogP contribution in [0.15, 0.2) is 72.1 Å². The maximum atomic E-state index is 13.8. The van der Waals surface area contributed by atoms with Gasteiger partial charge in [-0.1, -0.05) is 48.5 Å². The highest BCUT2D eigenvalue weighted by Gasteiger charge is 2.34. The van der Waals surface area contributed by atoms with E-state index in [2.05, 4.69) is 0 Å². The number of amides is 2. The molecular formula is C24H19N3O2S. The van der Waals surface area contributed by atoms with Crippen molar-refractivity contribution >= 4 is 34.1 Å². The van der Waals surface area contributed by atoms with Crippen LogP contribution in [0, 0.1) is 0 Å². The van der Waals surface area contributed by atoms with Gasteiger partial charge in [-0.2, -0.15) is 0 Å². The number of benzene rings is 2. The van der Waals surface area contributed by atoms with Crippen molar-refractivity contribution in [3.63, 3.8) is 0 Å². The van der Waals surface area contributed by atoms with Gasteiger partial charge in [0.2, 0.25) is 5.91 Å². The number of para-hydroxylation sites is 1. The van der Waals surface area contributed by atoms with Crippen LogP contribution < -0.4 is 5.73 Å². The molecule has 6 heteroatoms. The maximum absolute atomic E-state index is 13.8. The molecule has 0 aliphatic carbocycles. The Labute approximate surface area is 177 Å². The fraction of sp³-hybridized carbons (Fsp3) is 0.125. The molecule has 2 aromatic heterocycles. The van der Waals surface area contributed by atoms with Gasteiger partial charge in [-0.15, -0.1) is 11.3 Å². The molecule has 5 nitrogen and oxygen atoms in total. The van der Waals surface area contributed by atoms with Crippen molar-refractivity contribution in [3.05, 3.63) is 88.8 Å². The zero-order valence-corrected chi connectivity index (χ0v) is 16.9. The second-order valence-corrected chi connectivity index (χ2v) is 8.32. The first-order valence-electron chi connectivity index (χ1n) is 9.72. The third kappa shape index (κ3) is 3.15. The molecule has 30 heavy (non-hydrogen) atoms. The Hall–Kier alpha value is -3.51. The maximum Gasteiger partial charge on any atom is 0.255 e. The highest BCUT2D eigenvalue weighted by Crippen LogP contribution is 2.31. The third-order valence-electron chi connectivity index (χ3n) is 5.56. The molecule has 1 aliphatic rings. The van der Waals surface area contributed by atoms with Crippen LogP contribution in [-0.4, -0.2) is 27.7 Å². The molecule has 4 aromatic rings. The SMILES string of the molecule is NC(=O)C1Cc2ccccc2CN1C(=O)c1cc(-c2cccs2)nc2ccccc12. The second-order valence-electron chi connectivity index (χ2n) is 7.37. The van der Waals surface area contributed by atoms with Gasteiger partial charge in [0, 0.05) is 18.4 Å². The number of thiophene rings is 1. The first-order chi connectivity index (χ1) is 14.6. The Morgan fingerprint density at radius 2 is 1.77 bits per heavy atom. The molecule has 5 rings (SSSR count). The molecule has 0 spiro atoms. The van der Waals surface area contributed by atoms with Crippen LogP contribution in [0.1, 0.15) is 21.5 Å². The monoisotopic (exact) mass is 413 g/mol. The summed E-state index contributed by atoms with van der Waals surface area (Å²) in [6, 6.07) is 20.6. The van der Waals surface area contributed by atoms with E-state index in [0.29, 0.717) is 18.5 Å². The molecule has 2 aromatic carbocycles. The number of nitrogens with two attached hydrogens (primary N) is 1. The lowest BCUT2D eigenvalue weighted by Crippen LogP contribution is -2.51. The van der Waals surface area contributed by atoms with Gasteiger partial charge in [0.15, 0.2) is 0 Å². The zero-order chi connectivity index (χ0) is 20.7. The van der Waals surface area contributed by atoms with Gasteiger partial charge < -0.3 is 10.6 Å². The number of carbonyl (C=O) groups excluding carboxylic acids is 2. The summed E-state index contributed by atoms with van der Waals surface area (Å²) in [5.74, 6) is -0.695. The number of primary amides is 1. The van der Waals surface area contributed by atoms with E-state index in [1.165, 1.54) is 0 Å². The van der Waals surface area contributed by atoms with Crippen molar-refractivity contribution < 1.29 is 9.59 Å². The Bertz CT molecular complexity index is 1270. The summed E-state index contributed by atoms with van der Waals surface area (Å²) in [5.41, 5.74) is 9.84. The fourth-order valence-electron chi connectivity index (χ4n) is 4.05. The first-order valence-corrected chi connectivity index (χ1v) is 10.6. The van der Waals surface area contributed by atoms with Crippen molar-refractivity contribution in [2.45, 2.75) is 19.0 Å². The Morgan fingerprint density at radius 1 is 1.00 bits per heavy atom. The van der Waals surface area contributed by atoms with Crippen molar-refractivity contribution in [1.29, 1.82) is 0 Å². The van der Waals surface area contributed by atoms with Gasteiger partial charge in [0.25, 0.3) is 5.91 Å². The quantitative estimate of drug-likeness (QED) is 0.551. The average Bonchev–Trinajstić information content (AvgIpc) is 3.32. The van der Waals surface area contributed by atoms with Gasteiger partial charge in [-0.3, -0.25) is 9.59 Å². The van der Waals surface area contributed by atoms with Gasteiger partial charge in [-0.25, -0.2) is 4.98 Å². The summed E-state index contributed by atoms with van der Waals surface area (Å²) in [4.78, 5) is 33.3. The lowest BCUT2D eigenvalue weighted by atomic mass is 9.92. The molecule has 1 unspecified atom stereocenters. The number of nitrogens with zero attached hydrogens (tertiary/aromatic N) is 2. The minimum atomic E-state index is -0.676. The molecule has 0 saturated heterocycles. The average molecular weight is 414 g/mol. The summed E-state index contributed by atoms with van der Waals surface area (Å²) >= 11 is 1.58. The molecule has 0 fully saturated rings. The van der Waals surface area contributed by atoms with Gasteiger partial charge in [-0.05, 0) is 34.7 Å². The lowest BCUT2D eigenvalue weighted by Gasteiger charge is -2.35. The molecule has 2 N–H and O–H groups in total. The summed E-state index contributed by atoms with van der Waals surface area (Å²) < 4.78 is 0. The molecule has 1 aliphatic heterocycles. The summed E-state index contributed by atoms with van der Waals surface area (Å²) in [5, 5.41) is 2.75. The number of pyridine rings is 1. The number of rotatable bonds is 3. The van der Waals surface area contributed by atoms with Crippen LogP contribution in [0.2, 0.25) is 0 Å². The Morgan fingerprint density at radius 3 is 2.53 bits per heavy atom. The molecular weight excluding hydrogens is 394 g/mol. The van der Waals surface area contributed by atoms with Gasteiger partial charge in [0.05, 0.1) is 21.7 Å². The van der Waals surface area contributed by atoms with E-state index in [9.17, 15) is 9.59 Å². The Balaban J connectivity index is 1.64. The molecule has 2 amide bonds. The van der Waals surface area contributed by atoms with Crippen molar-refractivity contribution in [2.75, 3.05) is 0 Å². The van der Waals surface area contributed by atoms with Crippen LogP contribution in [0.25, 0.3) is 21.5 Å². The van der Waals surface area contributed by atoms with Crippen LogP contribution in [0.3, 0.4) is 0 Å². The van der Waals surface area contributed by atoms with Crippen LogP contribution in [0.5, 0.6) is 0 Å². The lowest BCUT2D eigenvalue weighted by molar-refractivity contribution is -0.122. The van der Waals surface area contributed by atoms with Crippen LogP contribution >= 0.6 is 11.3 Å². The van der Waals surface area contributed by atoms with Crippen LogP contribution in [-0.2, 0) is 17.8 Å². The first kappa shape index (κ1) is 18.5. The normalized spacial score (nSPS) is 15.7. The van der Waals surface area contributed by atoms with E-state index >= 15 is 0 Å². The molecule has 148 valence electrons. The van der Waals surface area contributed by atoms with Crippen LogP contribution in [0.4, 0.5) is 0 Å². The predicted molar refractivity (Wildman–Crippen MR) is 118 cm³/mol. The Kier molecular flexibility index (Phi) is 4.56. The molecule has 0 bridgehead atoms. The fourth-order valence-corrected chi connectivity index (χ4v) is 4.73. The van der Waals surface area contributed by atoms with E-state index < -0.39 is 11.9 Å². The van der Waals surface area contributed by atoms with E-state index in [0.717, 1.165) is 32.6 Å². The number of hydrogen-bond donors (Lipinski definition) is 1. The minimum Gasteiger partial charge on any atom is -0.368 e. The number of aromatic nitrogens is 1. The highest BCUT2D eigenvalue weighted by atomic mass is 32.1. The summed E-state index contributed by atoms with van der Waals surface area (Å²) in [6.07, 6.45) is 0.429. The van der Waals surface area contributed by atoms with E-state index in [1.807, 2.05) is 72.1 Å². The number of carbonyl (C=O) groups is 2. The standard InChI is InChI=1S/C24H19N3O2S/c25-23(28)21-12-15-6-1-2-7-16(15)14-27(21)24(29)18-13-20(22-10-5-11-30-22)26-19-9-4-3-8-17(18)19/h1-11,13,21H,12,14H2,(H2,25,28). The van der Waals surface area contributed by atoms with E-state index in [1.54, 1.807) is 16.2 Å². The largest absolute Gasteiger partial charge is 0.368 e. The topological polar surface area (TPSA) is 76.3 Å². The molecule has 1 atom stereocenters. The smallest absolute Gasteiger partial charge is 0.255 e. The highest BCUT2D eigenvalue weighted by molar-refractivity contribution is 7.13. The van der Waals surface area contributed by atoms with Crippen molar-refractivity contribution in [1.82, 2.24) is 9.88 Å². The van der Waals surface area contributed by atoms with Gasteiger partial charge >= 0.3 is 0 Å². The van der Waals surface area contributed by atoms with E-state index in [-0.39, 0.29) is 5.91 Å². The summed E-state index contributed by atoms with van der Waals surface area (Å²) in [7, 11) is 0. The summed E-state index contributed by atoms with van der Waals surface area (Å²) in [6.45, 7) is 0.355. The molecule has 3 heterocycles. The van der Waals surface area contributed by atoms with E-state index in [4.69, 9.17) is 10.7 Å². The third-order valence-corrected chi connectivity index (χ3v) is 6.45. The number of hydrogen-bond acceptors (Lipinski definition) is 4. The van der Waals surface area contributed by atoms with Crippen molar-refractivity contribution in [3.8, 4) is 10.6 Å². The second kappa shape index (κ2) is 7.39.